The van der Waals surface area contributed by atoms with Gasteiger partial charge in [-0.3, -0.25) is 11.3 Å². The number of nitrogens with one attached hydrogen (secondary N) is 1. The van der Waals surface area contributed by atoms with Crippen LogP contribution in [0.15, 0.2) is 0 Å². The van der Waals surface area contributed by atoms with Crippen molar-refractivity contribution in [1.29, 1.82) is 0 Å². The number of amides is 1. The number of hydrazine groups is 1. The second-order valence-electron chi connectivity index (χ2n) is 2.71. The van der Waals surface area contributed by atoms with E-state index in [1.54, 1.807) is 0 Å². The summed E-state index contributed by atoms with van der Waals surface area (Å²) in [5.74, 6) is 5.21. The number of nitrogens with zero attached hydrogens (tertiary/aromatic N) is 1. The highest BCUT2D eigenvalue weighted by atomic mass is 35.5. The van der Waals surface area contributed by atoms with E-state index in [4.69, 9.17) is 10.9 Å². The smallest absolute Gasteiger partial charge is 0.407 e. The maximum absolute atomic E-state index is 10.4. The normalized spacial score (nSPS) is 17.2. The van der Waals surface area contributed by atoms with Crippen molar-refractivity contribution >= 4 is 30.9 Å². The van der Waals surface area contributed by atoms with E-state index in [-0.39, 0.29) is 30.9 Å². The van der Waals surface area contributed by atoms with Crippen molar-refractivity contribution in [2.45, 2.75) is 18.9 Å². The highest BCUT2D eigenvalue weighted by Crippen LogP contribution is 2.08. The summed E-state index contributed by atoms with van der Waals surface area (Å²) < 4.78 is 0. The SMILES string of the molecule is Cl.Cl.NNC1CCN(C(=O)O)CC1. The molecule has 7 heteroatoms. The number of likely N-dealkylation sites (tertiary alicyclic amines) is 1. The molecular weight excluding hydrogens is 217 g/mol. The highest BCUT2D eigenvalue weighted by Gasteiger charge is 2.20. The summed E-state index contributed by atoms with van der Waals surface area (Å²) >= 11 is 0. The fourth-order valence-corrected chi connectivity index (χ4v) is 1.24. The van der Waals surface area contributed by atoms with Crippen LogP contribution in [0.2, 0.25) is 0 Å². The van der Waals surface area contributed by atoms with Crippen LogP contribution in [0.3, 0.4) is 0 Å². The van der Waals surface area contributed by atoms with Crippen LogP contribution in [-0.4, -0.2) is 35.2 Å². The van der Waals surface area contributed by atoms with Gasteiger partial charge in [0.1, 0.15) is 0 Å². The van der Waals surface area contributed by atoms with Crippen LogP contribution in [0.25, 0.3) is 0 Å². The van der Waals surface area contributed by atoms with Gasteiger partial charge in [0.25, 0.3) is 0 Å². The van der Waals surface area contributed by atoms with Crippen LogP contribution in [0.5, 0.6) is 0 Å². The topological polar surface area (TPSA) is 78.6 Å². The van der Waals surface area contributed by atoms with Crippen molar-refractivity contribution in [3.63, 3.8) is 0 Å². The largest absolute Gasteiger partial charge is 0.465 e. The molecule has 0 bridgehead atoms. The molecule has 0 atom stereocenters. The first kappa shape index (κ1) is 15.3. The van der Waals surface area contributed by atoms with Crippen molar-refractivity contribution in [1.82, 2.24) is 10.3 Å². The Morgan fingerprint density at radius 2 is 1.85 bits per heavy atom. The second-order valence-corrected chi connectivity index (χ2v) is 2.71. The Kier molecular flexibility index (Phi) is 8.45. The van der Waals surface area contributed by atoms with Crippen molar-refractivity contribution in [3.8, 4) is 0 Å². The summed E-state index contributed by atoms with van der Waals surface area (Å²) in [5, 5.41) is 8.57. The molecule has 0 radical (unpaired) electrons. The van der Waals surface area contributed by atoms with Crippen molar-refractivity contribution in [2.75, 3.05) is 13.1 Å². The first-order valence-corrected chi connectivity index (χ1v) is 3.68. The van der Waals surface area contributed by atoms with Gasteiger partial charge in [0.05, 0.1) is 0 Å². The Labute approximate surface area is 89.4 Å². The number of hydrogen-bond donors (Lipinski definition) is 3. The lowest BCUT2D eigenvalue weighted by atomic mass is 10.1. The van der Waals surface area contributed by atoms with E-state index in [1.807, 2.05) is 0 Å². The summed E-state index contributed by atoms with van der Waals surface area (Å²) in [4.78, 5) is 11.8. The third-order valence-electron chi connectivity index (χ3n) is 2.00. The van der Waals surface area contributed by atoms with Crippen LogP contribution < -0.4 is 11.3 Å². The number of nitrogens with two attached hydrogens (primary N) is 1. The summed E-state index contributed by atoms with van der Waals surface area (Å²) in [6.07, 6.45) is 0.784. The number of carboxylic acid groups (broad SMARTS) is 1. The second kappa shape index (κ2) is 7.20. The Bertz CT molecular complexity index is 151. The molecule has 1 fully saturated rings. The van der Waals surface area contributed by atoms with Crippen LogP contribution >= 0.6 is 24.8 Å². The van der Waals surface area contributed by atoms with Gasteiger partial charge >= 0.3 is 6.09 Å². The van der Waals surface area contributed by atoms with E-state index < -0.39 is 6.09 Å². The molecule has 1 saturated heterocycles. The Morgan fingerprint density at radius 3 is 2.15 bits per heavy atom. The summed E-state index contributed by atoms with van der Waals surface area (Å²) in [6.45, 7) is 1.17. The monoisotopic (exact) mass is 231 g/mol. The summed E-state index contributed by atoms with van der Waals surface area (Å²) in [5.41, 5.74) is 2.64. The Balaban J connectivity index is 0. The van der Waals surface area contributed by atoms with Crippen molar-refractivity contribution in [3.05, 3.63) is 0 Å². The molecule has 1 aliphatic heterocycles. The minimum Gasteiger partial charge on any atom is -0.465 e. The lowest BCUT2D eigenvalue weighted by Gasteiger charge is -2.29. The molecular formula is C6H15Cl2N3O2. The third kappa shape index (κ3) is 4.52. The molecule has 80 valence electrons. The average Bonchev–Trinajstić information content (AvgIpc) is 2.05. The third-order valence-corrected chi connectivity index (χ3v) is 2.00. The molecule has 1 aliphatic rings. The number of halogens is 2. The minimum absolute atomic E-state index is 0. The molecule has 5 nitrogen and oxygen atoms in total. The maximum Gasteiger partial charge on any atom is 0.407 e. The molecule has 0 aliphatic carbocycles. The van der Waals surface area contributed by atoms with E-state index >= 15 is 0 Å². The van der Waals surface area contributed by atoms with Crippen molar-refractivity contribution < 1.29 is 9.90 Å². The van der Waals surface area contributed by atoms with Crippen LogP contribution in [0, 0.1) is 0 Å². The van der Waals surface area contributed by atoms with E-state index in [2.05, 4.69) is 5.43 Å². The van der Waals surface area contributed by atoms with Crippen LogP contribution in [-0.2, 0) is 0 Å². The molecule has 0 aromatic rings. The Hall–Kier alpha value is -0.230. The molecule has 4 N–H and O–H groups in total. The van der Waals surface area contributed by atoms with Gasteiger partial charge in [-0.15, -0.1) is 24.8 Å². The minimum atomic E-state index is -0.833. The van der Waals surface area contributed by atoms with Crippen molar-refractivity contribution in [2.24, 2.45) is 5.84 Å². The first-order chi connectivity index (χ1) is 5.24. The van der Waals surface area contributed by atoms with E-state index in [0.29, 0.717) is 13.1 Å². The van der Waals surface area contributed by atoms with E-state index in [9.17, 15) is 4.79 Å². The van der Waals surface area contributed by atoms with Gasteiger partial charge in [-0.2, -0.15) is 0 Å². The molecule has 1 heterocycles. The molecule has 1 amide bonds. The lowest BCUT2D eigenvalue weighted by molar-refractivity contribution is 0.129. The highest BCUT2D eigenvalue weighted by molar-refractivity contribution is 5.85. The molecule has 0 aromatic carbocycles. The van der Waals surface area contributed by atoms with Gasteiger partial charge in [0.2, 0.25) is 0 Å². The molecule has 0 aromatic heterocycles. The number of rotatable bonds is 1. The zero-order valence-electron chi connectivity index (χ0n) is 7.10. The van der Waals surface area contributed by atoms with Gasteiger partial charge in [0.15, 0.2) is 0 Å². The predicted octanol–water partition coefficient (Wildman–Crippen LogP) is 0.436. The number of carbonyl (C=O) groups is 1. The predicted molar refractivity (Wildman–Crippen MR) is 54.4 cm³/mol. The maximum atomic E-state index is 10.4. The molecule has 0 unspecified atom stereocenters. The van der Waals surface area contributed by atoms with Gasteiger partial charge in [0, 0.05) is 19.1 Å². The van der Waals surface area contributed by atoms with E-state index in [1.165, 1.54) is 4.90 Å². The quantitative estimate of drug-likeness (QED) is 0.452. The van der Waals surface area contributed by atoms with E-state index in [0.717, 1.165) is 12.8 Å². The fraction of sp³-hybridized carbons (Fsp3) is 0.833. The molecule has 0 saturated carbocycles. The zero-order valence-corrected chi connectivity index (χ0v) is 8.74. The van der Waals surface area contributed by atoms with Gasteiger partial charge < -0.3 is 10.0 Å². The molecule has 1 rings (SSSR count). The average molecular weight is 232 g/mol. The number of hydrogen-bond acceptors (Lipinski definition) is 3. The first-order valence-electron chi connectivity index (χ1n) is 3.68. The molecule has 0 spiro atoms. The van der Waals surface area contributed by atoms with Gasteiger partial charge in [-0.1, -0.05) is 0 Å². The lowest BCUT2D eigenvalue weighted by Crippen LogP contribution is -2.46. The summed E-state index contributed by atoms with van der Waals surface area (Å²) in [6, 6.07) is 0.283. The standard InChI is InChI=1S/C6H13N3O2.2ClH/c7-8-5-1-3-9(4-2-5)6(10)11;;/h5,8H,1-4,7H2,(H,10,11);2*1H. The Morgan fingerprint density at radius 1 is 1.38 bits per heavy atom. The van der Waals surface area contributed by atoms with Gasteiger partial charge in [-0.25, -0.2) is 4.79 Å². The summed E-state index contributed by atoms with van der Waals surface area (Å²) in [7, 11) is 0. The van der Waals surface area contributed by atoms with Crippen LogP contribution in [0.4, 0.5) is 4.79 Å². The number of piperidine rings is 1. The van der Waals surface area contributed by atoms with Crippen LogP contribution in [0.1, 0.15) is 12.8 Å². The zero-order chi connectivity index (χ0) is 8.27. The van der Waals surface area contributed by atoms with Gasteiger partial charge in [-0.05, 0) is 12.8 Å². The molecule has 13 heavy (non-hydrogen) atoms. The fourth-order valence-electron chi connectivity index (χ4n) is 1.24.